The minimum atomic E-state index is -0.430. The third-order valence-corrected chi connectivity index (χ3v) is 6.24. The van der Waals surface area contributed by atoms with Crippen LogP contribution in [0.1, 0.15) is 32.9 Å². The number of benzene rings is 2. The van der Waals surface area contributed by atoms with E-state index in [2.05, 4.69) is 31.4 Å². The van der Waals surface area contributed by atoms with E-state index in [4.69, 9.17) is 11.6 Å². The number of nitrogens with one attached hydrogen (secondary N) is 1. The number of carbonyl (C=O) groups is 1. The van der Waals surface area contributed by atoms with E-state index in [9.17, 15) is 14.9 Å². The predicted molar refractivity (Wildman–Crippen MR) is 132 cm³/mol. The van der Waals surface area contributed by atoms with Crippen molar-refractivity contribution in [2.45, 2.75) is 26.9 Å². The lowest BCUT2D eigenvalue weighted by Crippen LogP contribution is -2.14. The van der Waals surface area contributed by atoms with Gasteiger partial charge in [0.05, 0.1) is 22.5 Å². The highest BCUT2D eigenvalue weighted by Crippen LogP contribution is 2.24. The second-order valence-corrected chi connectivity index (χ2v) is 8.96. The lowest BCUT2D eigenvalue weighted by Gasteiger charge is -2.07. The number of halogens is 2. The van der Waals surface area contributed by atoms with Crippen LogP contribution >= 0.6 is 27.5 Å². The van der Waals surface area contributed by atoms with Gasteiger partial charge in [-0.25, -0.2) is 0 Å². The summed E-state index contributed by atoms with van der Waals surface area (Å²) >= 11 is 9.67. The van der Waals surface area contributed by atoms with E-state index in [0.29, 0.717) is 45.4 Å². The summed E-state index contributed by atoms with van der Waals surface area (Å²) in [6.07, 6.45) is 1.77. The molecule has 0 aliphatic heterocycles. The molecule has 0 unspecified atom stereocenters. The number of hydrogen-bond acceptors (Lipinski definition) is 5. The average molecular weight is 544 g/mol. The van der Waals surface area contributed by atoms with Gasteiger partial charge in [-0.3, -0.25) is 24.3 Å². The molecule has 11 heteroatoms. The first-order chi connectivity index (χ1) is 16.2. The van der Waals surface area contributed by atoms with Crippen molar-refractivity contribution < 1.29 is 9.72 Å². The number of aryl methyl sites for hydroxylation is 1. The minimum absolute atomic E-state index is 0.00567. The maximum absolute atomic E-state index is 12.9. The molecule has 34 heavy (non-hydrogen) atoms. The Hall–Kier alpha value is -3.50. The van der Waals surface area contributed by atoms with Crippen LogP contribution in [0.2, 0.25) is 5.02 Å². The number of nitro groups is 1. The first kappa shape index (κ1) is 23.7. The average Bonchev–Trinajstić information content (AvgIpc) is 3.27. The summed E-state index contributed by atoms with van der Waals surface area (Å²) in [5.74, 6) is 0.0570. The Morgan fingerprint density at radius 2 is 1.91 bits per heavy atom. The van der Waals surface area contributed by atoms with E-state index in [1.165, 1.54) is 0 Å². The Labute approximate surface area is 208 Å². The highest BCUT2D eigenvalue weighted by Gasteiger charge is 2.22. The van der Waals surface area contributed by atoms with Gasteiger partial charge in [0.15, 0.2) is 5.82 Å². The molecular weight excluding hydrogens is 524 g/mol. The number of anilines is 1. The van der Waals surface area contributed by atoms with E-state index in [1.54, 1.807) is 47.6 Å². The van der Waals surface area contributed by atoms with Gasteiger partial charge in [0.1, 0.15) is 11.4 Å². The Morgan fingerprint density at radius 3 is 2.62 bits per heavy atom. The molecule has 2 heterocycles. The zero-order chi connectivity index (χ0) is 24.4. The molecule has 4 rings (SSSR count). The molecule has 174 valence electrons. The van der Waals surface area contributed by atoms with Gasteiger partial charge in [-0.05, 0) is 59.1 Å². The molecule has 2 aromatic carbocycles. The molecule has 0 radical (unpaired) electrons. The van der Waals surface area contributed by atoms with Gasteiger partial charge in [-0.15, -0.1) is 0 Å². The van der Waals surface area contributed by atoms with Crippen LogP contribution in [-0.4, -0.2) is 30.4 Å². The van der Waals surface area contributed by atoms with E-state index >= 15 is 0 Å². The summed E-state index contributed by atoms with van der Waals surface area (Å²) in [6, 6.07) is 14.5. The fraction of sp³-hybridized carbons (Fsp3) is 0.174. The van der Waals surface area contributed by atoms with Crippen molar-refractivity contribution in [1.29, 1.82) is 0 Å². The predicted octanol–water partition coefficient (Wildman–Crippen LogP) is 5.37. The number of amides is 1. The summed E-state index contributed by atoms with van der Waals surface area (Å²) in [5, 5.41) is 23.4. The normalized spacial score (nSPS) is 10.9. The Bertz CT molecular complexity index is 1400. The Balaban J connectivity index is 1.49. The second kappa shape index (κ2) is 9.78. The zero-order valence-electron chi connectivity index (χ0n) is 18.3. The molecular formula is C23H20BrClN6O3. The van der Waals surface area contributed by atoms with Crippen LogP contribution in [0.15, 0.2) is 59.2 Å². The van der Waals surface area contributed by atoms with Crippen LogP contribution in [-0.2, 0) is 13.1 Å². The second-order valence-electron chi connectivity index (χ2n) is 7.70. The van der Waals surface area contributed by atoms with Gasteiger partial charge in [-0.1, -0.05) is 41.9 Å². The van der Waals surface area contributed by atoms with E-state index in [0.717, 1.165) is 11.1 Å². The highest BCUT2D eigenvalue weighted by atomic mass is 79.9. The number of rotatable bonds is 7. The third kappa shape index (κ3) is 5.02. The highest BCUT2D eigenvalue weighted by molar-refractivity contribution is 9.10. The molecule has 1 amide bonds. The number of carbonyl (C=O) groups excluding carboxylic acids is 1. The molecule has 1 N–H and O–H groups in total. The monoisotopic (exact) mass is 542 g/mol. The summed E-state index contributed by atoms with van der Waals surface area (Å²) in [5.41, 5.74) is 2.96. The molecule has 0 fully saturated rings. The topological polar surface area (TPSA) is 108 Å². The summed E-state index contributed by atoms with van der Waals surface area (Å²) < 4.78 is 3.89. The molecule has 0 atom stereocenters. The smallest absolute Gasteiger partial charge is 0.304 e. The van der Waals surface area contributed by atoms with Crippen molar-refractivity contribution in [3.63, 3.8) is 0 Å². The molecule has 0 bridgehead atoms. The fourth-order valence-electron chi connectivity index (χ4n) is 3.63. The Kier molecular flexibility index (Phi) is 6.80. The van der Waals surface area contributed by atoms with E-state index in [1.807, 2.05) is 30.3 Å². The quantitative estimate of drug-likeness (QED) is 0.249. The Morgan fingerprint density at radius 1 is 1.15 bits per heavy atom. The standard InChI is InChI=1S/C23H20BrClN6O3/c1-14-21(31(33)34)15(2)30(27-14)11-16-6-5-8-17(10-16)23(32)26-22-19(24)13-29(28-22)12-18-7-3-4-9-20(18)25/h3-10,13H,11-12H2,1-2H3,(H,26,28,32). The zero-order valence-corrected chi connectivity index (χ0v) is 20.7. The maximum Gasteiger partial charge on any atom is 0.312 e. The molecule has 2 aromatic heterocycles. The van der Waals surface area contributed by atoms with Crippen molar-refractivity contribution in [1.82, 2.24) is 19.6 Å². The van der Waals surface area contributed by atoms with E-state index in [-0.39, 0.29) is 11.6 Å². The number of aromatic nitrogens is 4. The SMILES string of the molecule is Cc1nn(Cc2cccc(C(=O)Nc3nn(Cc4ccccc4Cl)cc3Br)c2)c(C)c1[N+](=O)[O-]. The molecule has 0 saturated heterocycles. The van der Waals surface area contributed by atoms with Gasteiger partial charge in [0.2, 0.25) is 0 Å². The van der Waals surface area contributed by atoms with Crippen LogP contribution in [0.3, 0.4) is 0 Å². The first-order valence-electron chi connectivity index (χ1n) is 10.3. The van der Waals surface area contributed by atoms with E-state index < -0.39 is 4.92 Å². The molecule has 0 aliphatic carbocycles. The van der Waals surface area contributed by atoms with Gasteiger partial charge >= 0.3 is 5.69 Å². The lowest BCUT2D eigenvalue weighted by atomic mass is 10.1. The molecule has 0 spiro atoms. The minimum Gasteiger partial charge on any atom is -0.304 e. The maximum atomic E-state index is 12.9. The largest absolute Gasteiger partial charge is 0.312 e. The summed E-state index contributed by atoms with van der Waals surface area (Å²) in [6.45, 7) is 4.02. The van der Waals surface area contributed by atoms with Crippen molar-refractivity contribution in [3.05, 3.63) is 102 Å². The summed E-state index contributed by atoms with van der Waals surface area (Å²) in [4.78, 5) is 23.7. The van der Waals surface area contributed by atoms with Crippen LogP contribution in [0, 0.1) is 24.0 Å². The van der Waals surface area contributed by atoms with Gasteiger partial charge in [0, 0.05) is 16.8 Å². The van der Waals surface area contributed by atoms with Crippen molar-refractivity contribution in [2.24, 2.45) is 0 Å². The fourth-order valence-corrected chi connectivity index (χ4v) is 4.24. The van der Waals surface area contributed by atoms with Crippen molar-refractivity contribution in [2.75, 3.05) is 5.32 Å². The van der Waals surface area contributed by atoms with Gasteiger partial charge in [0.25, 0.3) is 5.91 Å². The van der Waals surface area contributed by atoms with Crippen LogP contribution in [0.25, 0.3) is 0 Å². The number of nitrogens with zero attached hydrogens (tertiary/aromatic N) is 5. The first-order valence-corrected chi connectivity index (χ1v) is 11.4. The van der Waals surface area contributed by atoms with Crippen LogP contribution in [0.4, 0.5) is 11.5 Å². The molecule has 0 saturated carbocycles. The number of hydrogen-bond donors (Lipinski definition) is 1. The van der Waals surface area contributed by atoms with Crippen LogP contribution < -0.4 is 5.32 Å². The lowest BCUT2D eigenvalue weighted by molar-refractivity contribution is -0.386. The van der Waals surface area contributed by atoms with Crippen molar-refractivity contribution >= 4 is 44.9 Å². The molecule has 0 aliphatic rings. The summed E-state index contributed by atoms with van der Waals surface area (Å²) in [7, 11) is 0. The molecule has 4 aromatic rings. The third-order valence-electron chi connectivity index (χ3n) is 5.29. The van der Waals surface area contributed by atoms with Gasteiger partial charge in [-0.2, -0.15) is 10.2 Å². The van der Waals surface area contributed by atoms with Crippen molar-refractivity contribution in [3.8, 4) is 0 Å². The molecule has 9 nitrogen and oxygen atoms in total. The van der Waals surface area contributed by atoms with Gasteiger partial charge < -0.3 is 5.32 Å². The van der Waals surface area contributed by atoms with Crippen LogP contribution in [0.5, 0.6) is 0 Å².